The van der Waals surface area contributed by atoms with Crippen LogP contribution in [0, 0.1) is 0 Å². The summed E-state index contributed by atoms with van der Waals surface area (Å²) in [5, 5.41) is 0. The molecule has 0 amide bonds. The normalized spacial score (nSPS) is 10.4. The Morgan fingerprint density at radius 1 is 1.40 bits per heavy atom. The molecule has 2 heterocycles. The van der Waals surface area contributed by atoms with Crippen molar-refractivity contribution in [2.24, 2.45) is 0 Å². The Labute approximate surface area is 57.3 Å². The molecule has 0 radical (unpaired) electrons. The topological polar surface area (TPSA) is 56.2 Å². The Morgan fingerprint density at radius 2 is 2.30 bits per heavy atom. The van der Waals surface area contributed by atoms with Gasteiger partial charge in [0.2, 0.25) is 5.78 Å². The van der Waals surface area contributed by atoms with Crippen LogP contribution in [0.1, 0.15) is 0 Å². The van der Waals surface area contributed by atoms with Gasteiger partial charge in [0.1, 0.15) is 0 Å². The first-order chi connectivity index (χ1) is 4.86. The summed E-state index contributed by atoms with van der Waals surface area (Å²) in [6, 6.07) is 0. The number of fused-ring (bicyclic) bond motifs is 1. The number of rotatable bonds is 0. The van der Waals surface area contributed by atoms with Crippen molar-refractivity contribution >= 4 is 11.5 Å². The highest BCUT2D eigenvalue weighted by Crippen LogP contribution is 2.00. The van der Waals surface area contributed by atoms with Crippen molar-refractivity contribution in [2.45, 2.75) is 0 Å². The first-order valence-corrected chi connectivity index (χ1v) is 2.90. The molecule has 0 aliphatic carbocycles. The quantitative estimate of drug-likeness (QED) is 0.564. The van der Waals surface area contributed by atoms with Crippen LogP contribution in [0.4, 0.5) is 5.69 Å². The van der Waals surface area contributed by atoms with Crippen molar-refractivity contribution in [3.8, 4) is 0 Å². The largest absolute Gasteiger partial charge is 0.396 e. The Balaban J connectivity index is 2.86. The molecule has 2 rings (SSSR count). The maximum Gasteiger partial charge on any atom is 0.233 e. The number of nitrogen functional groups attached to an aromatic ring is 1. The highest BCUT2D eigenvalue weighted by atomic mass is 15.1. The molecule has 0 aliphatic rings. The van der Waals surface area contributed by atoms with Crippen molar-refractivity contribution in [2.75, 3.05) is 5.73 Å². The fraction of sp³-hybridized carbons (Fsp3) is 0. The van der Waals surface area contributed by atoms with E-state index in [9.17, 15) is 0 Å². The summed E-state index contributed by atoms with van der Waals surface area (Å²) in [6.07, 6.45) is 6.85. The summed E-state index contributed by atoms with van der Waals surface area (Å²) in [5.74, 6) is 0.675. The maximum absolute atomic E-state index is 5.47. The van der Waals surface area contributed by atoms with Crippen LogP contribution in [0.3, 0.4) is 0 Å². The van der Waals surface area contributed by atoms with Crippen molar-refractivity contribution in [1.29, 1.82) is 0 Å². The molecular weight excluding hydrogens is 128 g/mol. The van der Waals surface area contributed by atoms with Crippen LogP contribution < -0.4 is 5.73 Å². The van der Waals surface area contributed by atoms with Gasteiger partial charge in [0, 0.05) is 18.6 Å². The van der Waals surface area contributed by atoms with E-state index in [2.05, 4.69) is 9.97 Å². The van der Waals surface area contributed by atoms with Crippen LogP contribution in [0.25, 0.3) is 5.78 Å². The Hall–Kier alpha value is -1.58. The Kier molecular flexibility index (Phi) is 0.887. The van der Waals surface area contributed by atoms with Gasteiger partial charge in [-0.25, -0.2) is 9.97 Å². The van der Waals surface area contributed by atoms with E-state index in [0.29, 0.717) is 11.5 Å². The summed E-state index contributed by atoms with van der Waals surface area (Å²) in [5.41, 5.74) is 6.12. The molecule has 0 saturated carbocycles. The molecule has 0 spiro atoms. The molecule has 10 heavy (non-hydrogen) atoms. The van der Waals surface area contributed by atoms with Gasteiger partial charge in [-0.05, 0) is 0 Å². The average Bonchev–Trinajstić information content (AvgIpc) is 2.33. The van der Waals surface area contributed by atoms with Crippen molar-refractivity contribution in [3.63, 3.8) is 0 Å². The zero-order valence-electron chi connectivity index (χ0n) is 5.23. The summed E-state index contributed by atoms with van der Waals surface area (Å²) < 4.78 is 1.77. The van der Waals surface area contributed by atoms with Gasteiger partial charge in [0.05, 0.1) is 11.9 Å². The summed E-state index contributed by atoms with van der Waals surface area (Å²) in [7, 11) is 0. The third-order valence-electron chi connectivity index (χ3n) is 1.27. The summed E-state index contributed by atoms with van der Waals surface area (Å²) in [6.45, 7) is 0. The Bertz CT molecular complexity index is 351. The van der Waals surface area contributed by atoms with Gasteiger partial charge >= 0.3 is 0 Å². The second kappa shape index (κ2) is 1.70. The molecule has 4 nitrogen and oxygen atoms in total. The first kappa shape index (κ1) is 5.22. The monoisotopic (exact) mass is 134 g/mol. The predicted octanol–water partition coefficient (Wildman–Crippen LogP) is 0.312. The minimum Gasteiger partial charge on any atom is -0.396 e. The van der Waals surface area contributed by atoms with E-state index < -0.39 is 0 Å². The number of aromatic nitrogens is 3. The molecule has 0 saturated heterocycles. The number of imidazole rings is 1. The minimum absolute atomic E-state index is 0.644. The smallest absolute Gasteiger partial charge is 0.233 e. The van der Waals surface area contributed by atoms with Crippen LogP contribution in [-0.4, -0.2) is 14.4 Å². The molecule has 2 N–H and O–H groups in total. The predicted molar refractivity (Wildman–Crippen MR) is 37.4 cm³/mol. The summed E-state index contributed by atoms with van der Waals surface area (Å²) >= 11 is 0. The maximum atomic E-state index is 5.47. The molecule has 0 unspecified atom stereocenters. The first-order valence-electron chi connectivity index (χ1n) is 2.90. The van der Waals surface area contributed by atoms with E-state index in [1.165, 1.54) is 0 Å². The van der Waals surface area contributed by atoms with Crippen LogP contribution in [0.2, 0.25) is 0 Å². The van der Waals surface area contributed by atoms with Crippen molar-refractivity contribution in [1.82, 2.24) is 14.4 Å². The van der Waals surface area contributed by atoms with Gasteiger partial charge in [0.15, 0.2) is 0 Å². The molecule has 2 aromatic rings. The van der Waals surface area contributed by atoms with Gasteiger partial charge in [-0.1, -0.05) is 0 Å². The average molecular weight is 134 g/mol. The van der Waals surface area contributed by atoms with Gasteiger partial charge in [-0.2, -0.15) is 0 Å². The highest BCUT2D eigenvalue weighted by molar-refractivity contribution is 5.38. The highest BCUT2D eigenvalue weighted by Gasteiger charge is 1.91. The van der Waals surface area contributed by atoms with E-state index in [4.69, 9.17) is 5.73 Å². The third kappa shape index (κ3) is 0.621. The van der Waals surface area contributed by atoms with Crippen molar-refractivity contribution < 1.29 is 0 Å². The van der Waals surface area contributed by atoms with Gasteiger partial charge in [-0.15, -0.1) is 0 Å². The molecule has 2 aromatic heterocycles. The SMILES string of the molecule is Nc1cnc2nccn2c1. The fourth-order valence-electron chi connectivity index (χ4n) is 0.832. The molecule has 4 heteroatoms. The zero-order valence-corrected chi connectivity index (χ0v) is 5.23. The van der Waals surface area contributed by atoms with Crippen LogP contribution >= 0.6 is 0 Å². The number of hydrogen-bond donors (Lipinski definition) is 1. The number of nitrogens with zero attached hydrogens (tertiary/aromatic N) is 3. The van der Waals surface area contributed by atoms with Gasteiger partial charge < -0.3 is 5.73 Å². The molecular formula is C6H6N4. The number of hydrogen-bond acceptors (Lipinski definition) is 3. The minimum atomic E-state index is 0.644. The third-order valence-corrected chi connectivity index (χ3v) is 1.27. The van der Waals surface area contributed by atoms with E-state index >= 15 is 0 Å². The van der Waals surface area contributed by atoms with E-state index in [0.717, 1.165) is 0 Å². The van der Waals surface area contributed by atoms with Gasteiger partial charge in [0.25, 0.3) is 0 Å². The number of anilines is 1. The standard InChI is InChI=1S/C6H6N4/c7-5-3-9-6-8-1-2-10(6)4-5/h1-4H,7H2. The lowest BCUT2D eigenvalue weighted by molar-refractivity contribution is 1.11. The molecule has 0 aliphatic heterocycles. The number of nitrogens with two attached hydrogens (primary N) is 1. The molecule has 0 aromatic carbocycles. The van der Waals surface area contributed by atoms with Crippen LogP contribution in [0.15, 0.2) is 24.8 Å². The second-order valence-corrected chi connectivity index (χ2v) is 2.02. The molecule has 0 atom stereocenters. The van der Waals surface area contributed by atoms with Gasteiger partial charge in [-0.3, -0.25) is 4.40 Å². The Morgan fingerprint density at radius 3 is 3.20 bits per heavy atom. The lowest BCUT2D eigenvalue weighted by Crippen LogP contribution is -1.91. The molecule has 0 bridgehead atoms. The lowest BCUT2D eigenvalue weighted by Gasteiger charge is -1.92. The zero-order chi connectivity index (χ0) is 6.97. The lowest BCUT2D eigenvalue weighted by atomic mass is 10.6. The summed E-state index contributed by atoms with van der Waals surface area (Å²) in [4.78, 5) is 7.92. The van der Waals surface area contributed by atoms with E-state index in [1.807, 2.05) is 0 Å². The van der Waals surface area contributed by atoms with Crippen LogP contribution in [0.5, 0.6) is 0 Å². The van der Waals surface area contributed by atoms with E-state index in [1.54, 1.807) is 29.2 Å². The molecule has 0 fully saturated rings. The fourth-order valence-corrected chi connectivity index (χ4v) is 0.832. The van der Waals surface area contributed by atoms with Crippen molar-refractivity contribution in [3.05, 3.63) is 24.8 Å². The molecule has 50 valence electrons. The van der Waals surface area contributed by atoms with Crippen LogP contribution in [-0.2, 0) is 0 Å². The second-order valence-electron chi connectivity index (χ2n) is 2.02. The van der Waals surface area contributed by atoms with E-state index in [-0.39, 0.29) is 0 Å².